The van der Waals surface area contributed by atoms with E-state index in [0.717, 1.165) is 54.1 Å². The number of aryl methyl sites for hydroxylation is 1. The van der Waals surface area contributed by atoms with Gasteiger partial charge >= 0.3 is 11.9 Å². The molecule has 5 aromatic rings. The molecular formula is C47H53NO11. The molecule has 0 aliphatic heterocycles. The fraction of sp³-hybridized carbons (Fsp3) is 0.298. The third kappa shape index (κ3) is 17.6. The van der Waals surface area contributed by atoms with Gasteiger partial charge in [-0.05, 0) is 111 Å². The molecule has 0 aliphatic carbocycles. The number of hydrogen-bond donors (Lipinski definition) is 3. The summed E-state index contributed by atoms with van der Waals surface area (Å²) in [5, 5.41) is 21.2. The molecule has 0 fully saturated rings. The lowest BCUT2D eigenvalue weighted by Gasteiger charge is -2.16. The molecule has 3 N–H and O–H groups in total. The average molecular weight is 808 g/mol. The number of aliphatic carboxylic acids is 1. The molecular weight excluding hydrogens is 755 g/mol. The van der Waals surface area contributed by atoms with Crippen LogP contribution in [0.1, 0.15) is 56.1 Å². The Bertz CT molecular complexity index is 1990. The number of unbranched alkanes of at least 4 members (excludes halogenated alkanes) is 2. The summed E-state index contributed by atoms with van der Waals surface area (Å²) in [6.45, 7) is 3.92. The van der Waals surface area contributed by atoms with E-state index in [-0.39, 0.29) is 30.4 Å². The second kappa shape index (κ2) is 25.5. The highest BCUT2D eigenvalue weighted by Crippen LogP contribution is 2.31. The maximum Gasteiger partial charge on any atom is 0.343 e. The Morgan fingerprint density at radius 3 is 1.68 bits per heavy atom. The van der Waals surface area contributed by atoms with Crippen LogP contribution in [-0.4, -0.2) is 68.2 Å². The molecule has 0 radical (unpaired) electrons. The Labute approximate surface area is 345 Å². The number of methoxy groups -OCH3 is 1. The molecule has 0 aliphatic rings. The zero-order valence-electron chi connectivity index (χ0n) is 33.5. The molecule has 5 aromatic carbocycles. The number of rotatable bonds is 23. The molecule has 0 aromatic heterocycles. The van der Waals surface area contributed by atoms with Crippen molar-refractivity contribution in [2.45, 2.75) is 51.4 Å². The second-order valence-electron chi connectivity index (χ2n) is 13.3. The van der Waals surface area contributed by atoms with Crippen molar-refractivity contribution in [3.63, 3.8) is 0 Å². The standard InChI is InChI=1S/C28H31NO7.C19H22O4/c1-20(28(32)29-25-14-13-22(30)18-26(25)36-19-27(31)33-2)21-9-8-12-24(17-21)35-16-7-6-15-34-23-10-4-3-5-11-23;20-19(21)13-10-16-8-11-18(12-9-16)23-15-5-4-14-22-17-6-2-1-3-7-17/h3-5,8-14,17-18,20,30H,6-7,15-16,19H2,1-2H3,(H,29,32);1-3,6-9,11-12H,4-5,10,13-15H2,(H,20,21). The number of anilines is 1. The van der Waals surface area contributed by atoms with E-state index in [9.17, 15) is 19.5 Å². The van der Waals surface area contributed by atoms with Gasteiger partial charge in [0.15, 0.2) is 6.61 Å². The number of phenolic OH excluding ortho intramolecular Hbond substituents is 1. The maximum atomic E-state index is 12.9. The van der Waals surface area contributed by atoms with Crippen molar-refractivity contribution in [2.75, 3.05) is 45.5 Å². The average Bonchev–Trinajstić information content (AvgIpc) is 3.26. The topological polar surface area (TPSA) is 159 Å². The van der Waals surface area contributed by atoms with Gasteiger partial charge in [-0.1, -0.05) is 60.7 Å². The van der Waals surface area contributed by atoms with Gasteiger partial charge in [-0.2, -0.15) is 0 Å². The van der Waals surface area contributed by atoms with Crippen molar-refractivity contribution in [2.24, 2.45) is 0 Å². The van der Waals surface area contributed by atoms with E-state index in [1.807, 2.05) is 109 Å². The summed E-state index contributed by atoms with van der Waals surface area (Å²) >= 11 is 0. The summed E-state index contributed by atoms with van der Waals surface area (Å²) in [4.78, 5) is 34.9. The Hall–Kier alpha value is -6.69. The first-order valence-corrected chi connectivity index (χ1v) is 19.6. The van der Waals surface area contributed by atoms with E-state index >= 15 is 0 Å². The first-order valence-electron chi connectivity index (χ1n) is 19.6. The van der Waals surface area contributed by atoms with Gasteiger partial charge in [-0.15, -0.1) is 0 Å². The summed E-state index contributed by atoms with van der Waals surface area (Å²) in [5.74, 6) is 1.22. The Kier molecular flexibility index (Phi) is 19.5. The number of nitrogens with one attached hydrogen (secondary N) is 1. The van der Waals surface area contributed by atoms with Gasteiger partial charge in [0, 0.05) is 12.5 Å². The molecule has 1 amide bonds. The van der Waals surface area contributed by atoms with Gasteiger partial charge in [0.25, 0.3) is 0 Å². The number of esters is 1. The highest BCUT2D eigenvalue weighted by molar-refractivity contribution is 5.97. The lowest BCUT2D eigenvalue weighted by Crippen LogP contribution is -2.20. The van der Waals surface area contributed by atoms with Crippen molar-refractivity contribution in [3.8, 4) is 34.5 Å². The molecule has 312 valence electrons. The minimum Gasteiger partial charge on any atom is -0.508 e. The number of hydrogen-bond acceptors (Lipinski definition) is 10. The Morgan fingerprint density at radius 2 is 1.14 bits per heavy atom. The van der Waals surface area contributed by atoms with E-state index in [4.69, 9.17) is 28.8 Å². The van der Waals surface area contributed by atoms with Gasteiger partial charge in [0.1, 0.15) is 34.5 Å². The summed E-state index contributed by atoms with van der Waals surface area (Å²) in [5.41, 5.74) is 2.13. The first-order chi connectivity index (χ1) is 28.7. The molecule has 12 nitrogen and oxygen atoms in total. The lowest BCUT2D eigenvalue weighted by molar-refractivity contribution is -0.143. The molecule has 0 saturated heterocycles. The molecule has 59 heavy (non-hydrogen) atoms. The van der Waals surface area contributed by atoms with E-state index in [1.54, 1.807) is 6.92 Å². The molecule has 1 unspecified atom stereocenters. The van der Waals surface area contributed by atoms with Gasteiger partial charge in [0.05, 0.1) is 45.1 Å². The van der Waals surface area contributed by atoms with Crippen LogP contribution >= 0.6 is 0 Å². The smallest absolute Gasteiger partial charge is 0.343 e. The number of benzene rings is 5. The number of carboxylic acid groups (broad SMARTS) is 1. The summed E-state index contributed by atoms with van der Waals surface area (Å²) in [6.07, 6.45) is 4.26. The zero-order valence-corrected chi connectivity index (χ0v) is 33.5. The lowest BCUT2D eigenvalue weighted by atomic mass is 10.00. The van der Waals surface area contributed by atoms with Crippen molar-refractivity contribution in [3.05, 3.63) is 139 Å². The van der Waals surface area contributed by atoms with Crippen LogP contribution in [0.15, 0.2) is 127 Å². The second-order valence-corrected chi connectivity index (χ2v) is 13.3. The van der Waals surface area contributed by atoms with E-state index in [0.29, 0.717) is 44.3 Å². The predicted octanol–water partition coefficient (Wildman–Crippen LogP) is 8.87. The fourth-order valence-electron chi connectivity index (χ4n) is 5.40. The predicted molar refractivity (Wildman–Crippen MR) is 225 cm³/mol. The van der Waals surface area contributed by atoms with Crippen LogP contribution in [0.4, 0.5) is 5.69 Å². The van der Waals surface area contributed by atoms with Gasteiger partial charge in [0.2, 0.25) is 5.91 Å². The number of amides is 1. The minimum atomic E-state index is -0.775. The summed E-state index contributed by atoms with van der Waals surface area (Å²) in [6, 6.07) is 38.7. The van der Waals surface area contributed by atoms with Gasteiger partial charge in [-0.25, -0.2) is 4.79 Å². The number of phenols is 1. The number of carboxylic acids is 1. The SMILES string of the molecule is COC(=O)COc1cc(O)ccc1NC(=O)C(C)c1cccc(OCCCCOc2ccccc2)c1.O=C(O)CCc1ccc(OCCCCOc2ccccc2)cc1. The number of carbonyl (C=O) groups excluding carboxylic acids is 2. The van der Waals surface area contributed by atoms with Crippen LogP contribution in [0.5, 0.6) is 34.5 Å². The van der Waals surface area contributed by atoms with Crippen LogP contribution in [0, 0.1) is 0 Å². The van der Waals surface area contributed by atoms with Crippen molar-refractivity contribution < 1.29 is 53.0 Å². The summed E-state index contributed by atoms with van der Waals surface area (Å²) < 4.78 is 32.8. The molecule has 5 rings (SSSR count). The molecule has 0 spiro atoms. The van der Waals surface area contributed by atoms with E-state index < -0.39 is 17.9 Å². The monoisotopic (exact) mass is 807 g/mol. The quantitative estimate of drug-likeness (QED) is 0.0329. The van der Waals surface area contributed by atoms with E-state index in [1.165, 1.54) is 25.3 Å². The molecule has 12 heteroatoms. The third-order valence-corrected chi connectivity index (χ3v) is 8.74. The van der Waals surface area contributed by atoms with Crippen LogP contribution in [0.2, 0.25) is 0 Å². The molecule has 0 heterocycles. The number of ether oxygens (including phenoxy) is 6. The molecule has 0 saturated carbocycles. The number of carbonyl (C=O) groups is 3. The third-order valence-electron chi connectivity index (χ3n) is 8.74. The van der Waals surface area contributed by atoms with Crippen LogP contribution in [0.25, 0.3) is 0 Å². The highest BCUT2D eigenvalue weighted by atomic mass is 16.6. The van der Waals surface area contributed by atoms with Crippen molar-refractivity contribution >= 4 is 23.5 Å². The van der Waals surface area contributed by atoms with Crippen molar-refractivity contribution in [1.82, 2.24) is 0 Å². The van der Waals surface area contributed by atoms with Gasteiger partial charge in [-0.3, -0.25) is 9.59 Å². The van der Waals surface area contributed by atoms with Crippen molar-refractivity contribution in [1.29, 1.82) is 0 Å². The van der Waals surface area contributed by atoms with Crippen LogP contribution < -0.4 is 29.0 Å². The summed E-state index contributed by atoms with van der Waals surface area (Å²) in [7, 11) is 1.25. The normalized spacial score (nSPS) is 10.9. The Morgan fingerprint density at radius 1 is 0.610 bits per heavy atom. The van der Waals surface area contributed by atoms with Gasteiger partial charge < -0.3 is 44.0 Å². The number of para-hydroxylation sites is 2. The largest absolute Gasteiger partial charge is 0.508 e. The Balaban J connectivity index is 0.000000288. The number of aromatic hydroxyl groups is 1. The van der Waals surface area contributed by atoms with Crippen LogP contribution in [-0.2, 0) is 25.5 Å². The zero-order chi connectivity index (χ0) is 42.1. The molecule has 1 atom stereocenters. The fourth-order valence-corrected chi connectivity index (χ4v) is 5.40. The van der Waals surface area contributed by atoms with E-state index in [2.05, 4.69) is 10.1 Å². The maximum absolute atomic E-state index is 12.9. The molecule has 0 bridgehead atoms. The first kappa shape index (κ1) is 45.0. The van der Waals surface area contributed by atoms with Crippen LogP contribution in [0.3, 0.4) is 0 Å². The minimum absolute atomic E-state index is 0.0580. The highest BCUT2D eigenvalue weighted by Gasteiger charge is 2.19.